The number of nitrogens with zero attached hydrogens (tertiary/aromatic N) is 2. The first-order valence-corrected chi connectivity index (χ1v) is 8.12. The number of carbonyl (C=O) groups excluding carboxylic acids is 2. The zero-order valence-corrected chi connectivity index (χ0v) is 13.8. The number of hydrogen-bond donors (Lipinski definition) is 0. The second kappa shape index (κ2) is 8.50. The highest BCUT2D eigenvalue weighted by Gasteiger charge is 2.24. The molecule has 1 aliphatic rings. The Morgan fingerprint density at radius 3 is 2.65 bits per heavy atom. The van der Waals surface area contributed by atoms with E-state index < -0.39 is 0 Å². The number of aromatic nitrogens is 1. The summed E-state index contributed by atoms with van der Waals surface area (Å²) in [5.41, 5.74) is 0.925. The van der Waals surface area contributed by atoms with Gasteiger partial charge in [-0.1, -0.05) is 6.07 Å². The number of aryl methyl sites for hydroxylation is 1. The minimum atomic E-state index is -0.315. The molecule has 1 aromatic heterocycles. The maximum Gasteiger partial charge on any atom is 0.306 e. The number of amides is 1. The molecule has 0 unspecified atom stereocenters. The number of carbonyl (C=O) groups is 2. The van der Waals surface area contributed by atoms with Gasteiger partial charge in [0, 0.05) is 44.1 Å². The number of rotatable bonds is 6. The zero-order valence-electron chi connectivity index (χ0n) is 13.8. The summed E-state index contributed by atoms with van der Waals surface area (Å²) in [5.74, 6) is 0.326. The molecule has 1 amide bonds. The zero-order chi connectivity index (χ0) is 16.7. The van der Waals surface area contributed by atoms with Crippen molar-refractivity contribution in [1.29, 1.82) is 0 Å². The second-order valence-electron chi connectivity index (χ2n) is 5.62. The Hall–Kier alpha value is -2.11. The van der Waals surface area contributed by atoms with E-state index >= 15 is 0 Å². The van der Waals surface area contributed by atoms with Crippen LogP contribution >= 0.6 is 0 Å². The average molecular weight is 320 g/mol. The minimum Gasteiger partial charge on any atom is -0.474 e. The average Bonchev–Trinajstić information content (AvgIpc) is 2.54. The predicted octanol–water partition coefficient (Wildman–Crippen LogP) is 2.10. The number of esters is 1. The SMILES string of the molecule is CCOC(=O)CCC(=O)N1CCC(Oc2cccc(C)n2)CC1. The van der Waals surface area contributed by atoms with Gasteiger partial charge in [-0.3, -0.25) is 9.59 Å². The van der Waals surface area contributed by atoms with Gasteiger partial charge in [0.2, 0.25) is 11.8 Å². The van der Waals surface area contributed by atoms with E-state index in [1.165, 1.54) is 0 Å². The Balaban J connectivity index is 1.73. The predicted molar refractivity (Wildman–Crippen MR) is 85.1 cm³/mol. The molecule has 126 valence electrons. The third-order valence-electron chi connectivity index (χ3n) is 3.79. The fraction of sp³-hybridized carbons (Fsp3) is 0.588. The summed E-state index contributed by atoms with van der Waals surface area (Å²) in [6.45, 7) is 5.34. The monoisotopic (exact) mass is 320 g/mol. The number of likely N-dealkylation sites (tertiary alicyclic amines) is 1. The lowest BCUT2D eigenvalue weighted by molar-refractivity contribution is -0.146. The lowest BCUT2D eigenvalue weighted by Gasteiger charge is -2.32. The van der Waals surface area contributed by atoms with Gasteiger partial charge in [-0.15, -0.1) is 0 Å². The van der Waals surface area contributed by atoms with Crippen molar-refractivity contribution in [3.8, 4) is 5.88 Å². The van der Waals surface area contributed by atoms with Gasteiger partial charge in [0.1, 0.15) is 6.10 Å². The molecular formula is C17H24N2O4. The van der Waals surface area contributed by atoms with Crippen molar-refractivity contribution in [2.45, 2.75) is 45.6 Å². The van der Waals surface area contributed by atoms with Crippen LogP contribution in [0.3, 0.4) is 0 Å². The number of piperidine rings is 1. The van der Waals surface area contributed by atoms with Gasteiger partial charge in [0.15, 0.2) is 0 Å². The quantitative estimate of drug-likeness (QED) is 0.751. The molecule has 0 aromatic carbocycles. The van der Waals surface area contributed by atoms with Crippen molar-refractivity contribution in [3.05, 3.63) is 23.9 Å². The fourth-order valence-electron chi connectivity index (χ4n) is 2.58. The molecule has 1 aliphatic heterocycles. The first-order valence-electron chi connectivity index (χ1n) is 8.12. The molecule has 0 saturated carbocycles. The maximum atomic E-state index is 12.1. The highest BCUT2D eigenvalue weighted by atomic mass is 16.5. The van der Waals surface area contributed by atoms with Gasteiger partial charge in [-0.2, -0.15) is 0 Å². The molecule has 0 aliphatic carbocycles. The van der Waals surface area contributed by atoms with Crippen LogP contribution in [0.25, 0.3) is 0 Å². The van der Waals surface area contributed by atoms with Crippen LogP contribution < -0.4 is 4.74 Å². The van der Waals surface area contributed by atoms with E-state index in [-0.39, 0.29) is 30.8 Å². The molecule has 23 heavy (non-hydrogen) atoms. The molecule has 0 atom stereocenters. The lowest BCUT2D eigenvalue weighted by Crippen LogP contribution is -2.42. The van der Waals surface area contributed by atoms with Crippen LogP contribution in [0.4, 0.5) is 0 Å². The standard InChI is InChI=1S/C17H24N2O4/c1-3-22-17(21)8-7-16(20)19-11-9-14(10-12-19)23-15-6-4-5-13(2)18-15/h4-6,14H,3,7-12H2,1-2H3. The van der Waals surface area contributed by atoms with Crippen molar-refractivity contribution in [1.82, 2.24) is 9.88 Å². The number of hydrogen-bond acceptors (Lipinski definition) is 5. The molecule has 1 saturated heterocycles. The van der Waals surface area contributed by atoms with Gasteiger partial charge >= 0.3 is 5.97 Å². The van der Waals surface area contributed by atoms with E-state index in [1.807, 2.05) is 25.1 Å². The summed E-state index contributed by atoms with van der Waals surface area (Å²) < 4.78 is 10.7. The van der Waals surface area contributed by atoms with Gasteiger partial charge in [0.05, 0.1) is 13.0 Å². The van der Waals surface area contributed by atoms with Gasteiger partial charge in [-0.25, -0.2) is 4.98 Å². The van der Waals surface area contributed by atoms with E-state index in [0.29, 0.717) is 25.6 Å². The first kappa shape index (κ1) is 17.2. The Morgan fingerprint density at radius 2 is 2.00 bits per heavy atom. The van der Waals surface area contributed by atoms with Crippen molar-refractivity contribution in [2.24, 2.45) is 0 Å². The molecule has 1 fully saturated rings. The Kier molecular flexibility index (Phi) is 6.38. The molecular weight excluding hydrogens is 296 g/mol. The van der Waals surface area contributed by atoms with Crippen LogP contribution in [0.2, 0.25) is 0 Å². The topological polar surface area (TPSA) is 68.7 Å². The third-order valence-corrected chi connectivity index (χ3v) is 3.79. The molecule has 6 nitrogen and oxygen atoms in total. The van der Waals surface area contributed by atoms with E-state index in [0.717, 1.165) is 18.5 Å². The molecule has 0 spiro atoms. The summed E-state index contributed by atoms with van der Waals surface area (Å²) in [7, 11) is 0. The Labute approximate surface area is 136 Å². The summed E-state index contributed by atoms with van der Waals surface area (Å²) in [6.07, 6.45) is 2.00. The molecule has 6 heteroatoms. The van der Waals surface area contributed by atoms with E-state index in [4.69, 9.17) is 9.47 Å². The molecule has 2 heterocycles. The van der Waals surface area contributed by atoms with E-state index in [9.17, 15) is 9.59 Å². The molecule has 1 aromatic rings. The van der Waals surface area contributed by atoms with Crippen LogP contribution in [0.15, 0.2) is 18.2 Å². The first-order chi connectivity index (χ1) is 11.1. The molecule has 2 rings (SSSR count). The Bertz CT molecular complexity index is 539. The van der Waals surface area contributed by atoms with Crippen LogP contribution in [-0.2, 0) is 14.3 Å². The van der Waals surface area contributed by atoms with Gasteiger partial charge in [0.25, 0.3) is 0 Å². The van der Waals surface area contributed by atoms with Crippen LogP contribution in [0.5, 0.6) is 5.88 Å². The normalized spacial score (nSPS) is 15.3. The fourth-order valence-corrected chi connectivity index (χ4v) is 2.58. The van der Waals surface area contributed by atoms with Crippen molar-refractivity contribution >= 4 is 11.9 Å². The molecule has 0 N–H and O–H groups in total. The van der Waals surface area contributed by atoms with Crippen LogP contribution in [0, 0.1) is 6.92 Å². The summed E-state index contributed by atoms with van der Waals surface area (Å²) in [6, 6.07) is 5.70. The number of pyridine rings is 1. The minimum absolute atomic E-state index is 0.00480. The summed E-state index contributed by atoms with van der Waals surface area (Å²) in [4.78, 5) is 29.5. The summed E-state index contributed by atoms with van der Waals surface area (Å²) >= 11 is 0. The second-order valence-corrected chi connectivity index (χ2v) is 5.62. The smallest absolute Gasteiger partial charge is 0.306 e. The maximum absolute atomic E-state index is 12.1. The van der Waals surface area contributed by atoms with Crippen LogP contribution in [0.1, 0.15) is 38.3 Å². The van der Waals surface area contributed by atoms with E-state index in [2.05, 4.69) is 4.98 Å². The van der Waals surface area contributed by atoms with Gasteiger partial charge < -0.3 is 14.4 Å². The lowest BCUT2D eigenvalue weighted by atomic mass is 10.1. The highest BCUT2D eigenvalue weighted by Crippen LogP contribution is 2.18. The van der Waals surface area contributed by atoms with Crippen molar-refractivity contribution < 1.29 is 19.1 Å². The van der Waals surface area contributed by atoms with Crippen molar-refractivity contribution in [3.63, 3.8) is 0 Å². The van der Waals surface area contributed by atoms with Gasteiger partial charge in [-0.05, 0) is 19.9 Å². The van der Waals surface area contributed by atoms with E-state index in [1.54, 1.807) is 11.8 Å². The largest absolute Gasteiger partial charge is 0.474 e. The van der Waals surface area contributed by atoms with Crippen molar-refractivity contribution in [2.75, 3.05) is 19.7 Å². The number of ether oxygens (including phenoxy) is 2. The Morgan fingerprint density at radius 1 is 1.26 bits per heavy atom. The molecule has 0 radical (unpaired) electrons. The third kappa shape index (κ3) is 5.54. The highest BCUT2D eigenvalue weighted by molar-refractivity contribution is 5.81. The van der Waals surface area contributed by atoms with Crippen LogP contribution in [-0.4, -0.2) is 47.6 Å². The summed E-state index contributed by atoms with van der Waals surface area (Å²) in [5, 5.41) is 0. The molecule has 0 bridgehead atoms.